The minimum atomic E-state index is 0.352. The van der Waals surface area contributed by atoms with E-state index < -0.39 is 0 Å². The highest BCUT2D eigenvalue weighted by atomic mass is 16.2. The number of amides is 1. The number of aromatic nitrogens is 2. The maximum absolute atomic E-state index is 12.0. The summed E-state index contributed by atoms with van der Waals surface area (Å²) < 4.78 is 0. The van der Waals surface area contributed by atoms with Crippen molar-refractivity contribution in [2.24, 2.45) is 11.8 Å². The van der Waals surface area contributed by atoms with Crippen LogP contribution in [-0.2, 0) is 4.79 Å². The van der Waals surface area contributed by atoms with E-state index >= 15 is 0 Å². The average Bonchev–Trinajstić information content (AvgIpc) is 3.31. The fraction of sp³-hybridized carbons (Fsp3) is 0.667. The van der Waals surface area contributed by atoms with Crippen LogP contribution in [-0.4, -0.2) is 40.4 Å². The van der Waals surface area contributed by atoms with E-state index in [4.69, 9.17) is 0 Å². The van der Waals surface area contributed by atoms with Crippen LogP contribution in [0.15, 0.2) is 12.4 Å². The van der Waals surface area contributed by atoms with Crippen LogP contribution in [0.3, 0.4) is 0 Å². The van der Waals surface area contributed by atoms with E-state index in [1.54, 1.807) is 0 Å². The lowest BCUT2D eigenvalue weighted by atomic mass is 9.96. The molecule has 0 spiro atoms. The van der Waals surface area contributed by atoms with Crippen LogP contribution in [0.25, 0.3) is 0 Å². The molecule has 5 heteroatoms. The molecule has 0 aromatic carbocycles. The number of carbonyl (C=O) groups is 1. The Morgan fingerprint density at radius 3 is 2.50 bits per heavy atom. The summed E-state index contributed by atoms with van der Waals surface area (Å²) in [6.45, 7) is 4.71. The van der Waals surface area contributed by atoms with Gasteiger partial charge >= 0.3 is 0 Å². The van der Waals surface area contributed by atoms with Gasteiger partial charge in [0.2, 0.25) is 11.9 Å². The Morgan fingerprint density at radius 2 is 1.90 bits per heavy atom. The van der Waals surface area contributed by atoms with E-state index in [9.17, 15) is 4.79 Å². The molecular weight excluding hydrogens is 252 g/mol. The number of piperidine rings is 1. The summed E-state index contributed by atoms with van der Waals surface area (Å²) in [5.41, 5.74) is 1.07. The summed E-state index contributed by atoms with van der Waals surface area (Å²) in [7, 11) is 0. The quantitative estimate of drug-likeness (QED) is 0.910. The van der Waals surface area contributed by atoms with Gasteiger partial charge in [-0.2, -0.15) is 0 Å². The Morgan fingerprint density at radius 1 is 1.25 bits per heavy atom. The van der Waals surface area contributed by atoms with Crippen LogP contribution in [0.1, 0.15) is 31.2 Å². The molecule has 1 aliphatic carbocycles. The Kier molecular flexibility index (Phi) is 3.85. The van der Waals surface area contributed by atoms with Crippen molar-refractivity contribution in [3.8, 4) is 0 Å². The largest absolute Gasteiger partial charge is 0.354 e. The lowest BCUT2D eigenvalue weighted by molar-refractivity contribution is -0.133. The van der Waals surface area contributed by atoms with E-state index in [0.717, 1.165) is 50.9 Å². The number of rotatable bonds is 4. The van der Waals surface area contributed by atoms with Crippen molar-refractivity contribution in [1.29, 1.82) is 0 Å². The highest BCUT2D eigenvalue weighted by molar-refractivity contribution is 5.81. The minimum Gasteiger partial charge on any atom is -0.354 e. The van der Waals surface area contributed by atoms with Crippen LogP contribution in [0.2, 0.25) is 0 Å². The van der Waals surface area contributed by atoms with Gasteiger partial charge in [-0.05, 0) is 44.1 Å². The molecule has 2 fully saturated rings. The van der Waals surface area contributed by atoms with Gasteiger partial charge in [-0.15, -0.1) is 0 Å². The summed E-state index contributed by atoms with van der Waals surface area (Å²) in [5.74, 6) is 2.05. The first-order valence-electron chi connectivity index (χ1n) is 7.53. The summed E-state index contributed by atoms with van der Waals surface area (Å²) in [4.78, 5) is 22.5. The first-order chi connectivity index (χ1) is 9.72. The van der Waals surface area contributed by atoms with Gasteiger partial charge in [-0.3, -0.25) is 4.79 Å². The molecule has 3 rings (SSSR count). The lowest BCUT2D eigenvalue weighted by Gasteiger charge is -2.32. The second-order valence-corrected chi connectivity index (χ2v) is 6.01. The molecule has 1 saturated heterocycles. The molecule has 0 atom stereocenters. The summed E-state index contributed by atoms with van der Waals surface area (Å²) in [5, 5.41) is 3.30. The first kappa shape index (κ1) is 13.3. The topological polar surface area (TPSA) is 58.1 Å². The second-order valence-electron chi connectivity index (χ2n) is 6.01. The predicted molar refractivity (Wildman–Crippen MR) is 77.3 cm³/mol. The van der Waals surface area contributed by atoms with Gasteiger partial charge in [-0.25, -0.2) is 9.97 Å². The normalized spacial score (nSPS) is 19.9. The van der Waals surface area contributed by atoms with E-state index in [1.165, 1.54) is 0 Å². The molecule has 108 valence electrons. The van der Waals surface area contributed by atoms with Crippen molar-refractivity contribution in [1.82, 2.24) is 14.9 Å². The van der Waals surface area contributed by atoms with E-state index in [2.05, 4.69) is 20.2 Å². The van der Waals surface area contributed by atoms with Crippen LogP contribution >= 0.6 is 0 Å². The molecule has 0 radical (unpaired) electrons. The third-order valence-corrected chi connectivity index (χ3v) is 4.18. The van der Waals surface area contributed by atoms with Gasteiger partial charge in [0.15, 0.2) is 0 Å². The predicted octanol–water partition coefficient (Wildman–Crippen LogP) is 1.85. The van der Waals surface area contributed by atoms with Gasteiger partial charge in [0, 0.05) is 37.9 Å². The number of nitrogens with one attached hydrogen (secondary N) is 1. The van der Waals surface area contributed by atoms with Crippen LogP contribution in [0.4, 0.5) is 5.95 Å². The Labute approximate surface area is 119 Å². The van der Waals surface area contributed by atoms with Crippen LogP contribution < -0.4 is 5.32 Å². The van der Waals surface area contributed by atoms with E-state index in [0.29, 0.717) is 23.7 Å². The Hall–Kier alpha value is -1.65. The molecule has 20 heavy (non-hydrogen) atoms. The van der Waals surface area contributed by atoms with Crippen molar-refractivity contribution in [3.05, 3.63) is 18.0 Å². The average molecular weight is 274 g/mol. The van der Waals surface area contributed by atoms with E-state index in [1.807, 2.05) is 19.3 Å². The van der Waals surface area contributed by atoms with Crippen LogP contribution in [0, 0.1) is 18.8 Å². The number of nitrogens with zero attached hydrogens (tertiary/aromatic N) is 3. The number of aryl methyl sites for hydroxylation is 1. The number of likely N-dealkylation sites (tertiary alicyclic amines) is 1. The van der Waals surface area contributed by atoms with E-state index in [-0.39, 0.29) is 0 Å². The summed E-state index contributed by atoms with van der Waals surface area (Å²) in [6, 6.07) is 0. The number of carbonyl (C=O) groups excluding carboxylic acids is 1. The van der Waals surface area contributed by atoms with Crippen molar-refractivity contribution in [2.45, 2.75) is 32.6 Å². The molecular formula is C15H22N4O. The summed E-state index contributed by atoms with van der Waals surface area (Å²) in [6.07, 6.45) is 8.02. The fourth-order valence-electron chi connectivity index (χ4n) is 2.67. The van der Waals surface area contributed by atoms with Crippen molar-refractivity contribution < 1.29 is 4.79 Å². The van der Waals surface area contributed by atoms with Crippen molar-refractivity contribution >= 4 is 11.9 Å². The maximum Gasteiger partial charge on any atom is 0.225 e. The zero-order valence-electron chi connectivity index (χ0n) is 12.0. The number of anilines is 1. The zero-order chi connectivity index (χ0) is 13.9. The SMILES string of the molecule is Cc1cnc(NCC2CCN(C(=O)C3CC3)CC2)nc1. The van der Waals surface area contributed by atoms with Gasteiger partial charge < -0.3 is 10.2 Å². The molecule has 1 aromatic heterocycles. The van der Waals surface area contributed by atoms with Gasteiger partial charge in [-0.1, -0.05) is 0 Å². The van der Waals surface area contributed by atoms with Gasteiger partial charge in [0.25, 0.3) is 0 Å². The van der Waals surface area contributed by atoms with Crippen molar-refractivity contribution in [3.63, 3.8) is 0 Å². The molecule has 0 unspecified atom stereocenters. The Balaban J connectivity index is 1.42. The minimum absolute atomic E-state index is 0.352. The molecule has 0 bridgehead atoms. The monoisotopic (exact) mass is 274 g/mol. The fourth-order valence-corrected chi connectivity index (χ4v) is 2.67. The number of hydrogen-bond donors (Lipinski definition) is 1. The molecule has 1 amide bonds. The maximum atomic E-state index is 12.0. The molecule has 1 saturated carbocycles. The van der Waals surface area contributed by atoms with Crippen molar-refractivity contribution in [2.75, 3.05) is 25.0 Å². The third-order valence-electron chi connectivity index (χ3n) is 4.18. The molecule has 5 nitrogen and oxygen atoms in total. The Bertz CT molecular complexity index is 461. The first-order valence-corrected chi connectivity index (χ1v) is 7.53. The molecule has 1 N–H and O–H groups in total. The van der Waals surface area contributed by atoms with Gasteiger partial charge in [0.05, 0.1) is 0 Å². The summed E-state index contributed by atoms with van der Waals surface area (Å²) >= 11 is 0. The second kappa shape index (κ2) is 5.77. The highest BCUT2D eigenvalue weighted by Crippen LogP contribution is 2.32. The third kappa shape index (κ3) is 3.26. The smallest absolute Gasteiger partial charge is 0.225 e. The molecule has 2 aliphatic rings. The van der Waals surface area contributed by atoms with Crippen LogP contribution in [0.5, 0.6) is 0 Å². The zero-order valence-corrected chi connectivity index (χ0v) is 12.0. The number of hydrogen-bond acceptors (Lipinski definition) is 4. The molecule has 1 aliphatic heterocycles. The molecule has 2 heterocycles. The molecule has 1 aromatic rings. The standard InChI is InChI=1S/C15H22N4O/c1-11-8-16-15(17-9-11)18-10-12-4-6-19(7-5-12)14(20)13-2-3-13/h8-9,12-13H,2-7,10H2,1H3,(H,16,17,18). The van der Waals surface area contributed by atoms with Gasteiger partial charge in [0.1, 0.15) is 0 Å². The lowest BCUT2D eigenvalue weighted by Crippen LogP contribution is -2.40. The highest BCUT2D eigenvalue weighted by Gasteiger charge is 2.34.